The van der Waals surface area contributed by atoms with E-state index in [0.717, 1.165) is 54.6 Å². The van der Waals surface area contributed by atoms with E-state index in [1.807, 2.05) is 0 Å². The zero-order valence-corrected chi connectivity index (χ0v) is 24.9. The van der Waals surface area contributed by atoms with Gasteiger partial charge in [0.1, 0.15) is 14.7 Å². The molecular weight excluding hydrogens is 655 g/mol. The molecule has 0 heterocycles. The lowest BCUT2D eigenvalue weighted by Crippen LogP contribution is -2.21. The Morgan fingerprint density at radius 3 is 0.867 bits per heavy atom. The van der Waals surface area contributed by atoms with Crippen LogP contribution in [0.4, 0.5) is 17.1 Å². The van der Waals surface area contributed by atoms with Gasteiger partial charge in [-0.2, -0.15) is 25.3 Å². The number of para-hydroxylation sites is 3. The van der Waals surface area contributed by atoms with Crippen molar-refractivity contribution in [1.82, 2.24) is 0 Å². The molecule has 0 aromatic heterocycles. The molecule has 18 heteroatoms. The van der Waals surface area contributed by atoms with E-state index in [1.54, 1.807) is 0 Å². The van der Waals surface area contributed by atoms with E-state index in [9.17, 15) is 53.3 Å². The van der Waals surface area contributed by atoms with Crippen LogP contribution in [0.5, 0.6) is 0 Å². The molecule has 0 fully saturated rings. The second-order valence-electron chi connectivity index (χ2n) is 9.08. The maximum Gasteiger partial charge on any atom is 0.296 e. The first-order valence-corrected chi connectivity index (χ1v) is 16.6. The van der Waals surface area contributed by atoms with Crippen LogP contribution in [0.1, 0.15) is 31.1 Å². The normalized spacial score (nSPS) is 11.8. The highest BCUT2D eigenvalue weighted by Crippen LogP contribution is 2.25. The summed E-state index contributed by atoms with van der Waals surface area (Å²) in [6, 6.07) is 17.3. The Morgan fingerprint density at radius 2 is 0.644 bits per heavy atom. The lowest BCUT2D eigenvalue weighted by atomic mass is 10.0. The number of anilines is 3. The fourth-order valence-electron chi connectivity index (χ4n) is 3.99. The van der Waals surface area contributed by atoms with Gasteiger partial charge < -0.3 is 16.0 Å². The van der Waals surface area contributed by atoms with E-state index in [0.29, 0.717) is 0 Å². The fraction of sp³-hybridized carbons (Fsp3) is 0. The van der Waals surface area contributed by atoms with Gasteiger partial charge in [-0.05, 0) is 54.6 Å². The summed E-state index contributed by atoms with van der Waals surface area (Å²) in [6.45, 7) is 0. The number of carbonyl (C=O) groups excluding carboxylic acids is 3. The van der Waals surface area contributed by atoms with Gasteiger partial charge in [-0.25, -0.2) is 0 Å². The van der Waals surface area contributed by atoms with E-state index < -0.39 is 79.5 Å². The topological polar surface area (TPSA) is 250 Å². The van der Waals surface area contributed by atoms with Crippen LogP contribution < -0.4 is 16.0 Å². The summed E-state index contributed by atoms with van der Waals surface area (Å²) in [5, 5.41) is 6.77. The smallest absolute Gasteiger partial charge is 0.296 e. The Balaban J connectivity index is 1.79. The highest BCUT2D eigenvalue weighted by atomic mass is 32.2. The van der Waals surface area contributed by atoms with Crippen molar-refractivity contribution in [3.8, 4) is 0 Å². The van der Waals surface area contributed by atoms with Crippen molar-refractivity contribution in [2.75, 3.05) is 16.0 Å². The highest BCUT2D eigenvalue weighted by molar-refractivity contribution is 7.86. The maximum absolute atomic E-state index is 13.3. The van der Waals surface area contributed by atoms with Crippen LogP contribution in [-0.2, 0) is 30.4 Å². The number of hydrogen-bond acceptors (Lipinski definition) is 9. The number of nitrogens with one attached hydrogen (secondary N) is 3. The van der Waals surface area contributed by atoms with Crippen LogP contribution >= 0.6 is 0 Å². The standard InChI is InChI=1S/C27H21N3O12S3/c31-25(28-19-7-1-4-10-22(19)43(34,35)36)16-13-17(26(32)29-20-8-2-5-11-23(20)44(37,38)39)15-18(14-16)27(33)30-21-9-3-6-12-24(21)45(40,41)42/h1-15H,(H,28,31)(H,29,32)(H,30,33)(H,34,35,36)(H,37,38,39)(H,40,41,42). The van der Waals surface area contributed by atoms with Gasteiger partial charge >= 0.3 is 0 Å². The molecule has 4 aromatic carbocycles. The zero-order chi connectivity index (χ0) is 33.2. The Bertz CT molecular complexity index is 1920. The first-order valence-electron chi connectivity index (χ1n) is 12.2. The van der Waals surface area contributed by atoms with Crippen molar-refractivity contribution in [3.05, 3.63) is 108 Å². The molecule has 3 amide bonds. The third-order valence-corrected chi connectivity index (χ3v) is 8.69. The summed E-state index contributed by atoms with van der Waals surface area (Å²) in [6.07, 6.45) is 0. The van der Waals surface area contributed by atoms with Crippen molar-refractivity contribution in [2.45, 2.75) is 14.7 Å². The Labute approximate surface area is 256 Å². The summed E-state index contributed by atoms with van der Waals surface area (Å²) in [7, 11) is -14.4. The number of hydrogen-bond donors (Lipinski definition) is 6. The first-order chi connectivity index (χ1) is 20.9. The molecule has 0 unspecified atom stereocenters. The molecule has 0 aliphatic rings. The Morgan fingerprint density at radius 1 is 0.422 bits per heavy atom. The van der Waals surface area contributed by atoms with Crippen LogP contribution in [0, 0.1) is 0 Å². The van der Waals surface area contributed by atoms with E-state index in [-0.39, 0.29) is 17.1 Å². The van der Waals surface area contributed by atoms with E-state index in [2.05, 4.69) is 16.0 Å². The molecule has 0 saturated carbocycles. The molecule has 4 aromatic rings. The van der Waals surface area contributed by atoms with Crippen LogP contribution in [0.2, 0.25) is 0 Å². The summed E-state index contributed by atoms with van der Waals surface area (Å²) in [5.74, 6) is -3.19. The minimum absolute atomic E-state index is 0.352. The molecule has 234 valence electrons. The SMILES string of the molecule is O=C(Nc1ccccc1S(=O)(=O)O)c1cc(C(=O)Nc2ccccc2S(=O)(=O)O)cc(C(=O)Nc2ccccc2S(=O)(=O)O)c1. The molecule has 15 nitrogen and oxygen atoms in total. The molecule has 0 spiro atoms. The quantitative estimate of drug-likeness (QED) is 0.140. The largest absolute Gasteiger partial charge is 0.321 e. The van der Waals surface area contributed by atoms with Gasteiger partial charge in [0.2, 0.25) is 0 Å². The van der Waals surface area contributed by atoms with Gasteiger partial charge in [-0.3, -0.25) is 28.0 Å². The molecule has 0 aliphatic carbocycles. The van der Waals surface area contributed by atoms with Crippen molar-refractivity contribution in [2.24, 2.45) is 0 Å². The minimum Gasteiger partial charge on any atom is -0.321 e. The van der Waals surface area contributed by atoms with Gasteiger partial charge in [0.25, 0.3) is 48.1 Å². The summed E-state index contributed by atoms with van der Waals surface area (Å²) < 4.78 is 99.2. The molecular formula is C27H21N3O12S3. The molecule has 45 heavy (non-hydrogen) atoms. The number of carbonyl (C=O) groups is 3. The summed E-state index contributed by atoms with van der Waals surface area (Å²) in [5.41, 5.74) is -2.29. The molecule has 6 N–H and O–H groups in total. The average Bonchev–Trinajstić information content (AvgIpc) is 2.96. The number of amides is 3. The predicted octanol–water partition coefficient (Wildman–Crippen LogP) is 3.18. The lowest BCUT2D eigenvalue weighted by Gasteiger charge is -2.14. The van der Waals surface area contributed by atoms with Crippen LogP contribution in [-0.4, -0.2) is 56.6 Å². The predicted molar refractivity (Wildman–Crippen MR) is 159 cm³/mol. The molecule has 0 saturated heterocycles. The minimum atomic E-state index is -4.79. The van der Waals surface area contributed by atoms with Gasteiger partial charge in [0, 0.05) is 16.7 Å². The molecule has 0 atom stereocenters. The molecule has 0 bridgehead atoms. The first kappa shape index (κ1) is 32.9. The molecule has 0 aliphatic heterocycles. The summed E-state index contributed by atoms with van der Waals surface area (Å²) in [4.78, 5) is 37.8. The second-order valence-corrected chi connectivity index (χ2v) is 13.2. The number of rotatable bonds is 9. The van der Waals surface area contributed by atoms with Gasteiger partial charge in [0.05, 0.1) is 17.1 Å². The average molecular weight is 676 g/mol. The maximum atomic E-state index is 13.3. The van der Waals surface area contributed by atoms with Crippen LogP contribution in [0.3, 0.4) is 0 Å². The molecule has 4 rings (SSSR count). The zero-order valence-electron chi connectivity index (χ0n) is 22.4. The second kappa shape index (κ2) is 12.6. The van der Waals surface area contributed by atoms with Crippen LogP contribution in [0.15, 0.2) is 106 Å². The highest BCUT2D eigenvalue weighted by Gasteiger charge is 2.23. The third kappa shape index (κ3) is 7.95. The van der Waals surface area contributed by atoms with E-state index >= 15 is 0 Å². The van der Waals surface area contributed by atoms with Crippen LogP contribution in [0.25, 0.3) is 0 Å². The Kier molecular flexibility index (Phi) is 9.19. The van der Waals surface area contributed by atoms with Gasteiger partial charge in [0.15, 0.2) is 0 Å². The van der Waals surface area contributed by atoms with Crippen molar-refractivity contribution in [3.63, 3.8) is 0 Å². The van der Waals surface area contributed by atoms with E-state index in [1.165, 1.54) is 36.4 Å². The Hall–Kier alpha value is -4.98. The number of benzene rings is 4. The molecule has 0 radical (unpaired) electrons. The summed E-state index contributed by atoms with van der Waals surface area (Å²) >= 11 is 0. The van der Waals surface area contributed by atoms with Gasteiger partial charge in [-0.1, -0.05) is 36.4 Å². The monoisotopic (exact) mass is 675 g/mol. The fourth-order valence-corrected chi connectivity index (χ4v) is 5.93. The third-order valence-electron chi connectivity index (χ3n) is 5.96. The van der Waals surface area contributed by atoms with E-state index in [4.69, 9.17) is 0 Å². The van der Waals surface area contributed by atoms with Gasteiger partial charge in [-0.15, -0.1) is 0 Å². The lowest BCUT2D eigenvalue weighted by molar-refractivity contribution is 0.102. The van der Waals surface area contributed by atoms with Crippen molar-refractivity contribution in [1.29, 1.82) is 0 Å². The van der Waals surface area contributed by atoms with Crippen molar-refractivity contribution < 1.29 is 53.3 Å². The van der Waals surface area contributed by atoms with Crippen molar-refractivity contribution >= 4 is 65.1 Å².